The fraction of sp³-hybridized carbons (Fsp3) is 0.538. The first-order valence-electron chi connectivity index (χ1n) is 6.53. The van der Waals surface area contributed by atoms with Gasteiger partial charge in [-0.2, -0.15) is 0 Å². The number of rotatable bonds is 5. The van der Waals surface area contributed by atoms with Crippen LogP contribution in [0.4, 0.5) is 0 Å². The molecule has 2 aromatic rings. The molecule has 1 N–H and O–H groups in total. The number of hydrogen-bond donors (Lipinski definition) is 1. The minimum absolute atomic E-state index is 0.298. The summed E-state index contributed by atoms with van der Waals surface area (Å²) in [5, 5.41) is -0.298. The number of nitrogens with zero attached hydrogens (tertiary/aromatic N) is 3. The molecule has 21 heavy (non-hydrogen) atoms. The maximum Gasteiger partial charge on any atom is 0.209 e. The molecule has 0 fully saturated rings. The molecular weight excluding hydrogens is 312 g/mol. The number of imidazole rings is 1. The van der Waals surface area contributed by atoms with Crippen molar-refractivity contribution in [2.45, 2.75) is 38.2 Å². The van der Waals surface area contributed by atoms with Gasteiger partial charge in [-0.15, -0.1) is 11.6 Å². The van der Waals surface area contributed by atoms with Gasteiger partial charge in [-0.05, 0) is 32.9 Å². The van der Waals surface area contributed by atoms with E-state index in [4.69, 9.17) is 11.6 Å². The number of fused-ring (bicyclic) bond motifs is 1. The molecule has 0 aromatic carbocycles. The molecule has 2 heterocycles. The molecule has 1 unspecified atom stereocenters. The number of pyridine rings is 1. The summed E-state index contributed by atoms with van der Waals surface area (Å²) in [5.41, 5.74) is 0.762. The highest BCUT2D eigenvalue weighted by atomic mass is 35.5. The molecule has 0 saturated heterocycles. The zero-order valence-electron chi connectivity index (χ0n) is 12.5. The third-order valence-corrected chi connectivity index (χ3v) is 4.02. The van der Waals surface area contributed by atoms with Gasteiger partial charge in [0, 0.05) is 18.3 Å². The molecule has 116 valence electrons. The number of halogens is 1. The Bertz CT molecular complexity index is 753. The highest BCUT2D eigenvalue weighted by molar-refractivity contribution is 7.88. The molecule has 8 heteroatoms. The SMILES string of the molecule is CC(Cl)c1nc2cccnc2n1CC(C)(C)NS(C)(=O)=O. The predicted molar refractivity (Wildman–Crippen MR) is 83.9 cm³/mol. The van der Waals surface area contributed by atoms with Crippen LogP contribution in [-0.4, -0.2) is 34.7 Å². The summed E-state index contributed by atoms with van der Waals surface area (Å²) < 4.78 is 27.4. The van der Waals surface area contributed by atoms with E-state index in [9.17, 15) is 8.42 Å². The Kier molecular flexibility index (Phi) is 4.28. The van der Waals surface area contributed by atoms with Gasteiger partial charge in [-0.3, -0.25) is 0 Å². The summed E-state index contributed by atoms with van der Waals surface area (Å²) in [6.45, 7) is 5.84. The van der Waals surface area contributed by atoms with Crippen LogP contribution in [0.5, 0.6) is 0 Å². The summed E-state index contributed by atoms with van der Waals surface area (Å²) in [6, 6.07) is 3.67. The molecule has 6 nitrogen and oxygen atoms in total. The fourth-order valence-corrected chi connectivity index (χ4v) is 3.60. The summed E-state index contributed by atoms with van der Waals surface area (Å²) in [6.07, 6.45) is 2.82. The van der Waals surface area contributed by atoms with E-state index in [-0.39, 0.29) is 5.38 Å². The van der Waals surface area contributed by atoms with Crippen molar-refractivity contribution in [2.75, 3.05) is 6.26 Å². The molecule has 0 spiro atoms. The Morgan fingerprint density at radius 3 is 2.71 bits per heavy atom. The van der Waals surface area contributed by atoms with Crippen LogP contribution in [-0.2, 0) is 16.6 Å². The molecule has 2 aromatic heterocycles. The molecule has 0 aliphatic carbocycles. The van der Waals surface area contributed by atoms with E-state index < -0.39 is 15.6 Å². The van der Waals surface area contributed by atoms with Crippen molar-refractivity contribution in [1.82, 2.24) is 19.3 Å². The largest absolute Gasteiger partial charge is 0.310 e. The van der Waals surface area contributed by atoms with Crippen molar-refractivity contribution in [3.8, 4) is 0 Å². The minimum Gasteiger partial charge on any atom is -0.310 e. The van der Waals surface area contributed by atoms with E-state index in [1.165, 1.54) is 0 Å². The molecule has 0 bridgehead atoms. The van der Waals surface area contributed by atoms with Crippen molar-refractivity contribution in [3.05, 3.63) is 24.2 Å². The van der Waals surface area contributed by atoms with Crippen molar-refractivity contribution in [2.24, 2.45) is 0 Å². The summed E-state index contributed by atoms with van der Waals surface area (Å²) in [7, 11) is -3.31. The van der Waals surface area contributed by atoms with Gasteiger partial charge in [0.25, 0.3) is 0 Å². The molecular formula is C13H19ClN4O2S. The van der Waals surface area contributed by atoms with E-state index >= 15 is 0 Å². The Labute approximate surface area is 129 Å². The van der Waals surface area contributed by atoms with Gasteiger partial charge in [0.2, 0.25) is 10.0 Å². The third kappa shape index (κ3) is 3.93. The Hall–Kier alpha value is -1.18. The summed E-state index contributed by atoms with van der Waals surface area (Å²) in [5.74, 6) is 0.675. The highest BCUT2D eigenvalue weighted by Crippen LogP contribution is 2.25. The molecule has 2 rings (SSSR count). The second kappa shape index (κ2) is 5.55. The lowest BCUT2D eigenvalue weighted by molar-refractivity contribution is 0.389. The van der Waals surface area contributed by atoms with Crippen LogP contribution >= 0.6 is 11.6 Å². The summed E-state index contributed by atoms with van der Waals surface area (Å²) >= 11 is 6.19. The van der Waals surface area contributed by atoms with Crippen LogP contribution in [0.3, 0.4) is 0 Å². The van der Waals surface area contributed by atoms with Crippen molar-refractivity contribution < 1.29 is 8.42 Å². The standard InChI is InChI=1S/C13H19ClN4O2S/c1-9(14)11-16-10-6-5-7-15-12(10)18(11)8-13(2,3)17-21(4,19)20/h5-7,9,17H,8H2,1-4H3. The number of alkyl halides is 1. The smallest absolute Gasteiger partial charge is 0.209 e. The number of sulfonamides is 1. The van der Waals surface area contributed by atoms with Crippen LogP contribution in [0.1, 0.15) is 32.0 Å². The average molecular weight is 331 g/mol. The first-order chi connectivity index (χ1) is 9.59. The number of aromatic nitrogens is 3. The lowest BCUT2D eigenvalue weighted by Gasteiger charge is -2.26. The first-order valence-corrected chi connectivity index (χ1v) is 8.86. The monoisotopic (exact) mass is 330 g/mol. The van der Waals surface area contributed by atoms with Crippen molar-refractivity contribution >= 4 is 32.8 Å². The topological polar surface area (TPSA) is 76.9 Å². The Morgan fingerprint density at radius 2 is 2.14 bits per heavy atom. The lowest BCUT2D eigenvalue weighted by atomic mass is 10.1. The Balaban J connectivity index is 2.47. The van der Waals surface area contributed by atoms with Gasteiger partial charge < -0.3 is 4.57 Å². The molecule has 1 atom stereocenters. The van der Waals surface area contributed by atoms with E-state index in [0.29, 0.717) is 18.0 Å². The quantitative estimate of drug-likeness (QED) is 0.851. The van der Waals surface area contributed by atoms with Gasteiger partial charge in [-0.1, -0.05) is 0 Å². The summed E-state index contributed by atoms with van der Waals surface area (Å²) in [4.78, 5) is 8.81. The van der Waals surface area contributed by atoms with Crippen LogP contribution in [0.15, 0.2) is 18.3 Å². The number of nitrogens with one attached hydrogen (secondary N) is 1. The third-order valence-electron chi connectivity index (χ3n) is 2.90. The molecule has 0 saturated carbocycles. The van der Waals surface area contributed by atoms with Gasteiger partial charge >= 0.3 is 0 Å². The van der Waals surface area contributed by atoms with E-state index in [0.717, 1.165) is 11.8 Å². The van der Waals surface area contributed by atoms with E-state index in [1.54, 1.807) is 6.20 Å². The highest BCUT2D eigenvalue weighted by Gasteiger charge is 2.26. The van der Waals surface area contributed by atoms with Crippen LogP contribution in [0.25, 0.3) is 11.2 Å². The van der Waals surface area contributed by atoms with Gasteiger partial charge in [0.1, 0.15) is 11.3 Å². The predicted octanol–water partition coefficient (Wildman–Crippen LogP) is 2.06. The second-order valence-corrected chi connectivity index (χ2v) is 8.18. The average Bonchev–Trinajstić information content (AvgIpc) is 2.65. The number of hydrogen-bond acceptors (Lipinski definition) is 4. The van der Waals surface area contributed by atoms with Crippen LogP contribution < -0.4 is 4.72 Å². The lowest BCUT2D eigenvalue weighted by Crippen LogP contribution is -2.46. The molecule has 0 aliphatic rings. The zero-order chi connectivity index (χ0) is 15.8. The van der Waals surface area contributed by atoms with Crippen LogP contribution in [0, 0.1) is 0 Å². The molecule has 0 aliphatic heterocycles. The second-order valence-electron chi connectivity index (χ2n) is 5.78. The fourth-order valence-electron chi connectivity index (χ4n) is 2.36. The van der Waals surface area contributed by atoms with E-state index in [1.807, 2.05) is 37.5 Å². The van der Waals surface area contributed by atoms with Crippen LogP contribution in [0.2, 0.25) is 0 Å². The zero-order valence-corrected chi connectivity index (χ0v) is 14.0. The minimum atomic E-state index is -3.31. The van der Waals surface area contributed by atoms with Gasteiger partial charge in [-0.25, -0.2) is 23.1 Å². The van der Waals surface area contributed by atoms with Gasteiger partial charge in [0.05, 0.1) is 11.6 Å². The van der Waals surface area contributed by atoms with Crippen molar-refractivity contribution in [3.63, 3.8) is 0 Å². The maximum absolute atomic E-state index is 11.5. The molecule has 0 radical (unpaired) electrons. The Morgan fingerprint density at radius 1 is 1.48 bits per heavy atom. The van der Waals surface area contributed by atoms with Crippen molar-refractivity contribution in [1.29, 1.82) is 0 Å². The van der Waals surface area contributed by atoms with E-state index in [2.05, 4.69) is 14.7 Å². The maximum atomic E-state index is 11.5. The normalized spacial score (nSPS) is 14.5. The first kappa shape index (κ1) is 16.2. The molecule has 0 amide bonds. The van der Waals surface area contributed by atoms with Gasteiger partial charge in [0.15, 0.2) is 5.65 Å².